The number of thioether (sulfide) groups is 1. The van der Waals surface area contributed by atoms with Gasteiger partial charge in [0, 0.05) is 0 Å². The Morgan fingerprint density at radius 2 is 1.74 bits per heavy atom. The van der Waals surface area contributed by atoms with Crippen LogP contribution in [0, 0.1) is 5.92 Å². The van der Waals surface area contributed by atoms with Gasteiger partial charge in [-0.3, -0.25) is 14.4 Å². The molecular formula is C15H24O3S. The number of carbonyl (C=O) groups is 3. The molecule has 0 aromatic rings. The van der Waals surface area contributed by atoms with Crippen LogP contribution in [0.15, 0.2) is 0 Å². The first-order valence-corrected chi connectivity index (χ1v) is 8.01. The summed E-state index contributed by atoms with van der Waals surface area (Å²) >= 11 is 1.07. The van der Waals surface area contributed by atoms with Gasteiger partial charge in [0.1, 0.15) is 11.7 Å². The van der Waals surface area contributed by atoms with Gasteiger partial charge in [0.15, 0.2) is 5.78 Å². The monoisotopic (exact) mass is 284 g/mol. The maximum atomic E-state index is 12.2. The van der Waals surface area contributed by atoms with Gasteiger partial charge in [0.05, 0.1) is 4.75 Å². The van der Waals surface area contributed by atoms with Crippen molar-refractivity contribution in [2.75, 3.05) is 0 Å². The normalized spacial score (nSPS) is 27.0. The van der Waals surface area contributed by atoms with Crippen molar-refractivity contribution >= 4 is 28.4 Å². The van der Waals surface area contributed by atoms with Crippen LogP contribution < -0.4 is 0 Å². The van der Waals surface area contributed by atoms with Crippen LogP contribution in [0.3, 0.4) is 0 Å². The molecule has 1 aliphatic rings. The van der Waals surface area contributed by atoms with Crippen LogP contribution in [0.5, 0.6) is 0 Å². The Morgan fingerprint density at radius 1 is 1.16 bits per heavy atom. The fraction of sp³-hybridized carbons (Fsp3) is 0.800. The van der Waals surface area contributed by atoms with E-state index in [2.05, 4.69) is 6.92 Å². The van der Waals surface area contributed by atoms with Gasteiger partial charge >= 0.3 is 0 Å². The van der Waals surface area contributed by atoms with Crippen molar-refractivity contribution < 1.29 is 14.4 Å². The lowest BCUT2D eigenvalue weighted by molar-refractivity contribution is -0.135. The standard InChI is InChI=1S/C15H24O3S/c1-4-5-6-7-8-9-10-15(3)13(17)12(11(2)16)14(18)19-15/h12H,4-10H2,1-3H3. The van der Waals surface area contributed by atoms with Crippen LogP contribution in [-0.4, -0.2) is 21.4 Å². The molecule has 2 unspecified atom stereocenters. The first-order valence-electron chi connectivity index (χ1n) is 7.20. The summed E-state index contributed by atoms with van der Waals surface area (Å²) < 4.78 is -0.668. The molecule has 4 heteroatoms. The predicted molar refractivity (Wildman–Crippen MR) is 78.2 cm³/mol. The number of unbranched alkanes of at least 4 members (excludes halogenated alkanes) is 5. The molecule has 1 rings (SSSR count). The highest BCUT2D eigenvalue weighted by molar-refractivity contribution is 8.16. The lowest BCUT2D eigenvalue weighted by atomic mass is 9.88. The predicted octanol–water partition coefficient (Wildman–Crippen LogP) is 3.54. The second-order valence-electron chi connectivity index (χ2n) is 5.58. The molecule has 1 saturated heterocycles. The van der Waals surface area contributed by atoms with Crippen molar-refractivity contribution in [2.24, 2.45) is 5.92 Å². The van der Waals surface area contributed by atoms with Gasteiger partial charge in [0.2, 0.25) is 5.12 Å². The van der Waals surface area contributed by atoms with Gasteiger partial charge in [-0.1, -0.05) is 57.2 Å². The lowest BCUT2D eigenvalue weighted by Crippen LogP contribution is -2.33. The zero-order valence-corrected chi connectivity index (χ0v) is 13.0. The number of ketones is 2. The number of rotatable bonds is 8. The van der Waals surface area contributed by atoms with E-state index in [0.29, 0.717) is 6.42 Å². The number of carbonyl (C=O) groups excluding carboxylic acids is 3. The van der Waals surface area contributed by atoms with Crippen LogP contribution in [0.2, 0.25) is 0 Å². The van der Waals surface area contributed by atoms with E-state index >= 15 is 0 Å². The second-order valence-corrected chi connectivity index (χ2v) is 7.09. The van der Waals surface area contributed by atoms with Gasteiger partial charge in [-0.2, -0.15) is 0 Å². The minimum Gasteiger partial charge on any atom is -0.299 e. The smallest absolute Gasteiger partial charge is 0.207 e. The summed E-state index contributed by atoms with van der Waals surface area (Å²) in [5.74, 6) is -1.49. The third kappa shape index (κ3) is 4.16. The van der Waals surface area contributed by atoms with Crippen molar-refractivity contribution in [3.63, 3.8) is 0 Å². The van der Waals surface area contributed by atoms with E-state index in [0.717, 1.165) is 24.6 Å². The Balaban J connectivity index is 2.43. The number of Topliss-reactive ketones (excluding diaryl/α,β-unsaturated/α-hetero) is 2. The second kappa shape index (κ2) is 7.22. The van der Waals surface area contributed by atoms with Crippen LogP contribution in [0.4, 0.5) is 0 Å². The summed E-state index contributed by atoms with van der Waals surface area (Å²) in [6, 6.07) is 0. The summed E-state index contributed by atoms with van der Waals surface area (Å²) in [5.41, 5.74) is 0. The molecule has 0 spiro atoms. The molecule has 19 heavy (non-hydrogen) atoms. The molecule has 108 valence electrons. The van der Waals surface area contributed by atoms with E-state index in [1.807, 2.05) is 6.92 Å². The quantitative estimate of drug-likeness (QED) is 0.505. The minimum absolute atomic E-state index is 0.177. The van der Waals surface area contributed by atoms with E-state index in [4.69, 9.17) is 0 Å². The molecule has 0 bridgehead atoms. The van der Waals surface area contributed by atoms with E-state index in [1.165, 1.54) is 32.6 Å². The Morgan fingerprint density at radius 3 is 2.26 bits per heavy atom. The summed E-state index contributed by atoms with van der Waals surface area (Å²) in [5, 5.41) is -0.258. The van der Waals surface area contributed by atoms with Crippen molar-refractivity contribution in [1.29, 1.82) is 0 Å². The highest BCUT2D eigenvalue weighted by Gasteiger charge is 2.52. The van der Waals surface area contributed by atoms with Gasteiger partial charge < -0.3 is 0 Å². The van der Waals surface area contributed by atoms with E-state index in [9.17, 15) is 14.4 Å². The molecular weight excluding hydrogens is 260 g/mol. The molecule has 2 atom stereocenters. The first-order chi connectivity index (χ1) is 8.92. The molecule has 0 aromatic carbocycles. The fourth-order valence-corrected chi connectivity index (χ4v) is 3.81. The van der Waals surface area contributed by atoms with Crippen molar-refractivity contribution in [3.05, 3.63) is 0 Å². The third-order valence-corrected chi connectivity index (χ3v) is 5.05. The Labute approximate surface area is 119 Å². The van der Waals surface area contributed by atoms with Crippen molar-refractivity contribution in [1.82, 2.24) is 0 Å². The van der Waals surface area contributed by atoms with Crippen LogP contribution in [0.1, 0.15) is 65.7 Å². The fourth-order valence-electron chi connectivity index (χ4n) is 2.51. The average molecular weight is 284 g/mol. The maximum absolute atomic E-state index is 12.2. The Bertz CT molecular complexity index is 364. The SMILES string of the molecule is CCCCCCCCC1(C)SC(=O)C(C(C)=O)C1=O. The van der Waals surface area contributed by atoms with Gasteiger partial charge in [0.25, 0.3) is 0 Å². The summed E-state index contributed by atoms with van der Waals surface area (Å²) in [4.78, 5) is 35.3. The van der Waals surface area contributed by atoms with Crippen LogP contribution in [0.25, 0.3) is 0 Å². The van der Waals surface area contributed by atoms with Crippen LogP contribution >= 0.6 is 11.8 Å². The molecule has 0 radical (unpaired) electrons. The lowest BCUT2D eigenvalue weighted by Gasteiger charge is -2.20. The molecule has 0 saturated carbocycles. The highest BCUT2D eigenvalue weighted by atomic mass is 32.2. The summed E-state index contributed by atoms with van der Waals surface area (Å²) in [7, 11) is 0. The van der Waals surface area contributed by atoms with Crippen molar-refractivity contribution in [2.45, 2.75) is 70.5 Å². The largest absolute Gasteiger partial charge is 0.299 e. The van der Waals surface area contributed by atoms with Crippen LogP contribution in [-0.2, 0) is 14.4 Å². The Kier molecular flexibility index (Phi) is 6.24. The third-order valence-electron chi connectivity index (χ3n) is 3.76. The summed E-state index contributed by atoms with van der Waals surface area (Å²) in [6.07, 6.45) is 7.67. The maximum Gasteiger partial charge on any atom is 0.207 e. The van der Waals surface area contributed by atoms with Crippen molar-refractivity contribution in [3.8, 4) is 0 Å². The first kappa shape index (κ1) is 16.4. The summed E-state index contributed by atoms with van der Waals surface area (Å²) in [6.45, 7) is 5.33. The van der Waals surface area contributed by atoms with E-state index in [1.54, 1.807) is 0 Å². The number of hydrogen-bond acceptors (Lipinski definition) is 4. The van der Waals surface area contributed by atoms with E-state index < -0.39 is 10.7 Å². The molecule has 0 aromatic heterocycles. The topological polar surface area (TPSA) is 51.2 Å². The zero-order valence-electron chi connectivity index (χ0n) is 12.2. The zero-order chi connectivity index (χ0) is 14.5. The molecule has 1 heterocycles. The molecule has 0 aliphatic carbocycles. The highest BCUT2D eigenvalue weighted by Crippen LogP contribution is 2.43. The molecule has 3 nitrogen and oxygen atoms in total. The molecule has 0 N–H and O–H groups in total. The minimum atomic E-state index is -1.00. The molecule has 1 fully saturated rings. The molecule has 1 aliphatic heterocycles. The molecule has 0 amide bonds. The van der Waals surface area contributed by atoms with Gasteiger partial charge in [-0.25, -0.2) is 0 Å². The van der Waals surface area contributed by atoms with Gasteiger partial charge in [-0.15, -0.1) is 0 Å². The number of hydrogen-bond donors (Lipinski definition) is 0. The Hall–Kier alpha value is -0.640. The average Bonchev–Trinajstić information content (AvgIpc) is 2.55. The van der Waals surface area contributed by atoms with Gasteiger partial charge in [-0.05, 0) is 20.3 Å². The van der Waals surface area contributed by atoms with E-state index in [-0.39, 0.29) is 16.7 Å².